The first-order valence-electron chi connectivity index (χ1n) is 5.70. The zero-order chi connectivity index (χ0) is 12.9. The number of aryl methyl sites for hydroxylation is 1. The molecule has 3 N–H and O–H groups in total. The minimum absolute atomic E-state index is 0.0560. The Morgan fingerprint density at radius 2 is 2.24 bits per heavy atom. The lowest BCUT2D eigenvalue weighted by atomic mass is 10.1. The van der Waals surface area contributed by atoms with Crippen molar-refractivity contribution in [1.29, 1.82) is 0 Å². The van der Waals surface area contributed by atoms with Crippen molar-refractivity contribution in [3.8, 4) is 0 Å². The van der Waals surface area contributed by atoms with Crippen LogP contribution in [0.2, 0.25) is 0 Å². The van der Waals surface area contributed by atoms with Crippen LogP contribution in [0, 0.1) is 6.92 Å². The number of rotatable bonds is 7. The first-order valence-corrected chi connectivity index (χ1v) is 7.52. The maximum atomic E-state index is 11.3. The summed E-state index contributed by atoms with van der Waals surface area (Å²) in [6.07, 6.45) is 2.91. The summed E-state index contributed by atoms with van der Waals surface area (Å²) in [6.45, 7) is 3.52. The van der Waals surface area contributed by atoms with Crippen LogP contribution in [0.3, 0.4) is 0 Å². The Hall–Kier alpha value is -0.850. The number of hydrogen-bond acceptors (Lipinski definition) is 5. The van der Waals surface area contributed by atoms with Crippen LogP contribution in [-0.4, -0.2) is 19.9 Å². The van der Waals surface area contributed by atoms with Gasteiger partial charge in [-0.15, -0.1) is 0 Å². The molecule has 1 rings (SSSR count). The van der Waals surface area contributed by atoms with Crippen LogP contribution in [0.1, 0.15) is 37.1 Å². The molecular weight excluding hydrogens is 240 g/mol. The van der Waals surface area contributed by atoms with Crippen LogP contribution in [0.5, 0.6) is 0 Å². The van der Waals surface area contributed by atoms with E-state index >= 15 is 0 Å². The summed E-state index contributed by atoms with van der Waals surface area (Å²) in [7, 11) is -2.89. The van der Waals surface area contributed by atoms with Crippen LogP contribution in [0.25, 0.3) is 0 Å². The maximum absolute atomic E-state index is 11.3. The van der Waals surface area contributed by atoms with Gasteiger partial charge in [0.1, 0.15) is 15.6 Å². The molecule has 0 saturated heterocycles. The number of nitrogens with two attached hydrogens (primary N) is 1. The molecule has 0 amide bonds. The standard InChI is InChI=1S/C11H20N2O3S/c1-3-17(14,15)6-4-5-11(13-12)10-7-9(2)16-8-10/h7-8,11,13H,3-6,12H2,1-2H3. The second-order valence-electron chi connectivity index (χ2n) is 4.09. The number of hydrogen-bond donors (Lipinski definition) is 2. The lowest BCUT2D eigenvalue weighted by molar-refractivity contribution is 0.490. The van der Waals surface area contributed by atoms with Crippen molar-refractivity contribution in [1.82, 2.24) is 5.43 Å². The van der Waals surface area contributed by atoms with Crippen molar-refractivity contribution >= 4 is 9.84 Å². The molecule has 0 aliphatic rings. The summed E-state index contributed by atoms with van der Waals surface area (Å²) < 4.78 is 27.9. The molecule has 5 nitrogen and oxygen atoms in total. The number of hydrazine groups is 1. The smallest absolute Gasteiger partial charge is 0.150 e. The Morgan fingerprint density at radius 1 is 1.53 bits per heavy atom. The Balaban J connectivity index is 2.49. The molecule has 1 atom stereocenters. The minimum Gasteiger partial charge on any atom is -0.469 e. The topological polar surface area (TPSA) is 85.3 Å². The first-order chi connectivity index (χ1) is 7.98. The van der Waals surface area contributed by atoms with Gasteiger partial charge < -0.3 is 4.42 Å². The van der Waals surface area contributed by atoms with E-state index in [2.05, 4.69) is 5.43 Å². The molecule has 98 valence electrons. The van der Waals surface area contributed by atoms with Crippen LogP contribution in [-0.2, 0) is 9.84 Å². The molecule has 17 heavy (non-hydrogen) atoms. The van der Waals surface area contributed by atoms with Gasteiger partial charge in [-0.05, 0) is 25.8 Å². The van der Waals surface area contributed by atoms with Gasteiger partial charge in [0, 0.05) is 17.4 Å². The quantitative estimate of drug-likeness (QED) is 0.570. The highest BCUT2D eigenvalue weighted by atomic mass is 32.2. The van der Waals surface area contributed by atoms with Gasteiger partial charge in [0.15, 0.2) is 0 Å². The lowest BCUT2D eigenvalue weighted by Gasteiger charge is -2.13. The average molecular weight is 260 g/mol. The molecule has 6 heteroatoms. The van der Waals surface area contributed by atoms with E-state index in [1.807, 2.05) is 13.0 Å². The van der Waals surface area contributed by atoms with Crippen molar-refractivity contribution < 1.29 is 12.8 Å². The largest absolute Gasteiger partial charge is 0.469 e. The van der Waals surface area contributed by atoms with Crippen LogP contribution >= 0.6 is 0 Å². The molecule has 0 spiro atoms. The molecule has 0 aromatic carbocycles. The highest BCUT2D eigenvalue weighted by Crippen LogP contribution is 2.20. The van der Waals surface area contributed by atoms with Gasteiger partial charge in [-0.2, -0.15) is 0 Å². The Morgan fingerprint density at radius 3 is 2.71 bits per heavy atom. The molecule has 1 heterocycles. The van der Waals surface area contributed by atoms with E-state index in [0.29, 0.717) is 12.8 Å². The highest BCUT2D eigenvalue weighted by Gasteiger charge is 2.14. The second-order valence-corrected chi connectivity index (χ2v) is 6.56. The van der Waals surface area contributed by atoms with E-state index in [9.17, 15) is 8.42 Å². The van der Waals surface area contributed by atoms with Gasteiger partial charge >= 0.3 is 0 Å². The fraction of sp³-hybridized carbons (Fsp3) is 0.636. The molecular formula is C11H20N2O3S. The maximum Gasteiger partial charge on any atom is 0.150 e. The van der Waals surface area contributed by atoms with E-state index in [1.165, 1.54) is 0 Å². The molecule has 0 saturated carbocycles. The first kappa shape index (κ1) is 14.2. The fourth-order valence-corrected chi connectivity index (χ4v) is 2.54. The zero-order valence-corrected chi connectivity index (χ0v) is 11.1. The van der Waals surface area contributed by atoms with E-state index < -0.39 is 9.84 Å². The molecule has 0 fully saturated rings. The highest BCUT2D eigenvalue weighted by molar-refractivity contribution is 7.91. The van der Waals surface area contributed by atoms with E-state index in [1.54, 1.807) is 13.2 Å². The molecule has 0 aliphatic heterocycles. The van der Waals surface area contributed by atoms with Crippen LogP contribution in [0.15, 0.2) is 16.7 Å². The molecule has 1 unspecified atom stereocenters. The monoisotopic (exact) mass is 260 g/mol. The van der Waals surface area contributed by atoms with E-state index in [4.69, 9.17) is 10.3 Å². The van der Waals surface area contributed by atoms with Crippen molar-refractivity contribution in [3.05, 3.63) is 23.7 Å². The Bertz CT molecular complexity index is 439. The minimum atomic E-state index is -2.89. The van der Waals surface area contributed by atoms with Crippen molar-refractivity contribution in [2.75, 3.05) is 11.5 Å². The third-order valence-corrected chi connectivity index (χ3v) is 4.53. The van der Waals surface area contributed by atoms with E-state index in [0.717, 1.165) is 11.3 Å². The fourth-order valence-electron chi connectivity index (χ4n) is 1.64. The zero-order valence-electron chi connectivity index (χ0n) is 10.3. The summed E-state index contributed by atoms with van der Waals surface area (Å²) in [6, 6.07) is 1.85. The van der Waals surface area contributed by atoms with Crippen molar-refractivity contribution in [3.63, 3.8) is 0 Å². The average Bonchev–Trinajstić information content (AvgIpc) is 2.71. The van der Waals surface area contributed by atoms with Gasteiger partial charge in [0.25, 0.3) is 0 Å². The van der Waals surface area contributed by atoms with Crippen molar-refractivity contribution in [2.24, 2.45) is 5.84 Å². The van der Waals surface area contributed by atoms with E-state index in [-0.39, 0.29) is 17.5 Å². The number of sulfone groups is 1. The summed E-state index contributed by atoms with van der Waals surface area (Å²) in [4.78, 5) is 0. The lowest BCUT2D eigenvalue weighted by Crippen LogP contribution is -2.28. The Kier molecular flexibility index (Phi) is 5.17. The van der Waals surface area contributed by atoms with Crippen LogP contribution in [0.4, 0.5) is 0 Å². The summed E-state index contributed by atoms with van der Waals surface area (Å²) in [5, 5.41) is 0. The second kappa shape index (κ2) is 6.18. The van der Waals surface area contributed by atoms with Crippen molar-refractivity contribution in [2.45, 2.75) is 32.7 Å². The predicted molar refractivity (Wildman–Crippen MR) is 67.1 cm³/mol. The van der Waals surface area contributed by atoms with Crippen LogP contribution < -0.4 is 11.3 Å². The molecule has 0 radical (unpaired) electrons. The van der Waals surface area contributed by atoms with Gasteiger partial charge in [-0.3, -0.25) is 11.3 Å². The number of furan rings is 1. The van der Waals surface area contributed by atoms with Gasteiger partial charge in [0.2, 0.25) is 0 Å². The Labute approximate surface area is 102 Å². The van der Waals surface area contributed by atoms with Gasteiger partial charge in [0.05, 0.1) is 12.0 Å². The summed E-state index contributed by atoms with van der Waals surface area (Å²) in [5.41, 5.74) is 3.64. The predicted octanol–water partition coefficient (Wildman–Crippen LogP) is 1.31. The van der Waals surface area contributed by atoms with Gasteiger partial charge in [-0.1, -0.05) is 6.92 Å². The molecule has 0 aliphatic carbocycles. The summed E-state index contributed by atoms with van der Waals surface area (Å²) in [5.74, 6) is 6.68. The summed E-state index contributed by atoms with van der Waals surface area (Å²) >= 11 is 0. The molecule has 0 bridgehead atoms. The third-order valence-electron chi connectivity index (χ3n) is 2.74. The SMILES string of the molecule is CCS(=O)(=O)CCCC(NN)c1coc(C)c1. The molecule has 1 aromatic heterocycles. The third kappa shape index (κ3) is 4.49. The number of nitrogens with one attached hydrogen (secondary N) is 1. The normalized spacial score (nSPS) is 13.8. The molecule has 1 aromatic rings. The van der Waals surface area contributed by atoms with Gasteiger partial charge in [-0.25, -0.2) is 8.42 Å².